The van der Waals surface area contributed by atoms with Crippen LogP contribution in [0.3, 0.4) is 0 Å². The van der Waals surface area contributed by atoms with E-state index in [4.69, 9.17) is 15.2 Å². The molecule has 0 heterocycles. The number of amides is 1. The Morgan fingerprint density at radius 3 is 2.88 bits per heavy atom. The Labute approximate surface area is 101 Å². The van der Waals surface area contributed by atoms with E-state index < -0.39 is 6.09 Å². The smallest absolute Gasteiger partial charge is 0.407 e. The van der Waals surface area contributed by atoms with Crippen LogP contribution in [0.5, 0.6) is 5.75 Å². The molecule has 0 radical (unpaired) electrons. The minimum Gasteiger partial charge on any atom is -0.496 e. The van der Waals surface area contributed by atoms with Crippen molar-refractivity contribution in [2.75, 3.05) is 20.2 Å². The highest BCUT2D eigenvalue weighted by molar-refractivity contribution is 5.67. The van der Waals surface area contributed by atoms with Crippen molar-refractivity contribution in [2.24, 2.45) is 5.73 Å². The lowest BCUT2D eigenvalue weighted by atomic mass is 10.1. The molecule has 0 atom stereocenters. The molecule has 94 valence electrons. The van der Waals surface area contributed by atoms with E-state index in [1.54, 1.807) is 7.11 Å². The summed E-state index contributed by atoms with van der Waals surface area (Å²) < 4.78 is 10.2. The first-order valence-corrected chi connectivity index (χ1v) is 5.41. The zero-order valence-corrected chi connectivity index (χ0v) is 10.2. The third-order valence-electron chi connectivity index (χ3n) is 2.21. The van der Waals surface area contributed by atoms with E-state index in [0.29, 0.717) is 18.8 Å². The summed E-state index contributed by atoms with van der Waals surface area (Å²) in [5.74, 6) is 0.710. The average Bonchev–Trinajstić information content (AvgIpc) is 2.34. The molecule has 17 heavy (non-hydrogen) atoms. The van der Waals surface area contributed by atoms with Gasteiger partial charge in [0.1, 0.15) is 12.4 Å². The highest BCUT2D eigenvalue weighted by Crippen LogP contribution is 2.20. The summed E-state index contributed by atoms with van der Waals surface area (Å²) in [6, 6.07) is 5.72. The molecule has 1 rings (SSSR count). The van der Waals surface area contributed by atoms with Gasteiger partial charge in [0.05, 0.1) is 7.11 Å². The van der Waals surface area contributed by atoms with Gasteiger partial charge in [0, 0.05) is 18.7 Å². The first kappa shape index (κ1) is 13.3. The summed E-state index contributed by atoms with van der Waals surface area (Å²) in [5, 5.41) is 2.53. The van der Waals surface area contributed by atoms with Crippen molar-refractivity contribution in [3.8, 4) is 5.75 Å². The maximum Gasteiger partial charge on any atom is 0.407 e. The van der Waals surface area contributed by atoms with Crippen molar-refractivity contribution in [1.29, 1.82) is 0 Å². The molecule has 0 spiro atoms. The number of benzene rings is 1. The van der Waals surface area contributed by atoms with Crippen LogP contribution in [-0.2, 0) is 11.3 Å². The molecule has 0 aliphatic rings. The third-order valence-corrected chi connectivity index (χ3v) is 2.21. The SMILES string of the molecule is COc1ccc(C)cc1COC(=O)NCCN. The zero-order valence-electron chi connectivity index (χ0n) is 10.2. The van der Waals surface area contributed by atoms with Crippen molar-refractivity contribution in [2.45, 2.75) is 13.5 Å². The number of alkyl carbamates (subject to hydrolysis) is 1. The fraction of sp³-hybridized carbons (Fsp3) is 0.417. The second-order valence-corrected chi connectivity index (χ2v) is 3.61. The van der Waals surface area contributed by atoms with Crippen LogP contribution in [0.4, 0.5) is 4.79 Å². The number of methoxy groups -OCH3 is 1. The van der Waals surface area contributed by atoms with Gasteiger partial charge in [0.15, 0.2) is 0 Å². The maximum atomic E-state index is 11.2. The summed E-state index contributed by atoms with van der Waals surface area (Å²) in [5.41, 5.74) is 7.19. The van der Waals surface area contributed by atoms with Gasteiger partial charge in [-0.05, 0) is 19.1 Å². The molecular formula is C12H18N2O3. The van der Waals surface area contributed by atoms with E-state index in [1.165, 1.54) is 0 Å². The molecule has 0 unspecified atom stereocenters. The minimum atomic E-state index is -0.473. The Morgan fingerprint density at radius 1 is 1.47 bits per heavy atom. The Balaban J connectivity index is 2.56. The second kappa shape index (κ2) is 6.75. The molecule has 0 fully saturated rings. The molecule has 1 aromatic rings. The number of nitrogens with two attached hydrogens (primary N) is 1. The molecule has 3 N–H and O–H groups in total. The molecule has 0 aromatic heterocycles. The van der Waals surface area contributed by atoms with Gasteiger partial charge >= 0.3 is 6.09 Å². The fourth-order valence-electron chi connectivity index (χ4n) is 1.39. The second-order valence-electron chi connectivity index (χ2n) is 3.61. The first-order valence-electron chi connectivity index (χ1n) is 5.41. The number of rotatable bonds is 5. The van der Waals surface area contributed by atoms with Gasteiger partial charge in [0.25, 0.3) is 0 Å². The van der Waals surface area contributed by atoms with Crippen LogP contribution >= 0.6 is 0 Å². The largest absolute Gasteiger partial charge is 0.496 e. The summed E-state index contributed by atoms with van der Waals surface area (Å²) in [6.07, 6.45) is -0.473. The van der Waals surface area contributed by atoms with Gasteiger partial charge in [-0.2, -0.15) is 0 Å². The lowest BCUT2D eigenvalue weighted by Gasteiger charge is -2.10. The topological polar surface area (TPSA) is 73.6 Å². The van der Waals surface area contributed by atoms with Crippen LogP contribution in [0, 0.1) is 6.92 Å². The van der Waals surface area contributed by atoms with Crippen LogP contribution in [0.15, 0.2) is 18.2 Å². The van der Waals surface area contributed by atoms with E-state index in [9.17, 15) is 4.79 Å². The minimum absolute atomic E-state index is 0.182. The predicted octanol–water partition coefficient (Wildman–Crippen LogP) is 1.19. The van der Waals surface area contributed by atoms with Gasteiger partial charge < -0.3 is 20.5 Å². The predicted molar refractivity (Wildman–Crippen MR) is 65.0 cm³/mol. The van der Waals surface area contributed by atoms with Crippen LogP contribution in [0.25, 0.3) is 0 Å². The molecular weight excluding hydrogens is 220 g/mol. The molecule has 0 saturated carbocycles. The molecule has 0 aliphatic heterocycles. The Morgan fingerprint density at radius 2 is 2.24 bits per heavy atom. The van der Waals surface area contributed by atoms with Crippen molar-refractivity contribution >= 4 is 6.09 Å². The van der Waals surface area contributed by atoms with Gasteiger partial charge in [-0.1, -0.05) is 11.6 Å². The van der Waals surface area contributed by atoms with Crippen molar-refractivity contribution in [3.05, 3.63) is 29.3 Å². The summed E-state index contributed by atoms with van der Waals surface area (Å²) in [6.45, 7) is 2.95. The van der Waals surface area contributed by atoms with E-state index in [-0.39, 0.29) is 6.61 Å². The normalized spacial score (nSPS) is 9.82. The number of hydrogen-bond donors (Lipinski definition) is 2. The van der Waals surface area contributed by atoms with Gasteiger partial charge in [0.2, 0.25) is 0 Å². The Bertz CT molecular complexity index is 380. The number of carbonyl (C=O) groups is 1. The van der Waals surface area contributed by atoms with E-state index in [2.05, 4.69) is 5.32 Å². The van der Waals surface area contributed by atoms with Gasteiger partial charge in [-0.3, -0.25) is 0 Å². The summed E-state index contributed by atoms with van der Waals surface area (Å²) >= 11 is 0. The van der Waals surface area contributed by atoms with E-state index >= 15 is 0 Å². The van der Waals surface area contributed by atoms with Gasteiger partial charge in [-0.25, -0.2) is 4.79 Å². The van der Waals surface area contributed by atoms with E-state index in [0.717, 1.165) is 11.1 Å². The summed E-state index contributed by atoms with van der Waals surface area (Å²) in [7, 11) is 1.59. The van der Waals surface area contributed by atoms with Crippen molar-refractivity contribution in [3.63, 3.8) is 0 Å². The van der Waals surface area contributed by atoms with Crippen molar-refractivity contribution in [1.82, 2.24) is 5.32 Å². The van der Waals surface area contributed by atoms with Crippen LogP contribution in [0.1, 0.15) is 11.1 Å². The lowest BCUT2D eigenvalue weighted by Crippen LogP contribution is -2.29. The molecule has 1 amide bonds. The molecule has 0 aliphatic carbocycles. The molecule has 0 bridgehead atoms. The van der Waals surface area contributed by atoms with E-state index in [1.807, 2.05) is 25.1 Å². The fourth-order valence-corrected chi connectivity index (χ4v) is 1.39. The molecule has 0 saturated heterocycles. The standard InChI is InChI=1S/C12H18N2O3/c1-9-3-4-11(16-2)10(7-9)8-17-12(15)14-6-5-13/h3-4,7H,5-6,8,13H2,1-2H3,(H,14,15). The highest BCUT2D eigenvalue weighted by Gasteiger charge is 2.06. The number of hydrogen-bond acceptors (Lipinski definition) is 4. The first-order chi connectivity index (χ1) is 8.17. The van der Waals surface area contributed by atoms with Gasteiger partial charge in [-0.15, -0.1) is 0 Å². The highest BCUT2D eigenvalue weighted by atomic mass is 16.5. The van der Waals surface area contributed by atoms with Crippen LogP contribution in [0.2, 0.25) is 0 Å². The monoisotopic (exact) mass is 238 g/mol. The number of carbonyl (C=O) groups excluding carboxylic acids is 1. The van der Waals surface area contributed by atoms with Crippen LogP contribution < -0.4 is 15.8 Å². The lowest BCUT2D eigenvalue weighted by molar-refractivity contribution is 0.139. The Kier molecular flexibility index (Phi) is 5.29. The number of nitrogens with one attached hydrogen (secondary N) is 1. The Hall–Kier alpha value is -1.75. The molecule has 5 nitrogen and oxygen atoms in total. The zero-order chi connectivity index (χ0) is 12.7. The quantitative estimate of drug-likeness (QED) is 0.808. The van der Waals surface area contributed by atoms with Crippen molar-refractivity contribution < 1.29 is 14.3 Å². The van der Waals surface area contributed by atoms with Crippen LogP contribution in [-0.4, -0.2) is 26.3 Å². The maximum absolute atomic E-state index is 11.2. The number of ether oxygens (including phenoxy) is 2. The molecule has 5 heteroatoms. The average molecular weight is 238 g/mol. The summed E-state index contributed by atoms with van der Waals surface area (Å²) in [4.78, 5) is 11.2. The number of aryl methyl sites for hydroxylation is 1. The third kappa shape index (κ3) is 4.32. The molecule has 1 aromatic carbocycles.